The predicted molar refractivity (Wildman–Crippen MR) is 54.2 cm³/mol. The lowest BCUT2D eigenvalue weighted by atomic mass is 9.97. The van der Waals surface area contributed by atoms with Gasteiger partial charge in [-0.3, -0.25) is 0 Å². The highest BCUT2D eigenvalue weighted by Crippen LogP contribution is 2.19. The summed E-state index contributed by atoms with van der Waals surface area (Å²) in [5, 5.41) is 3.39. The van der Waals surface area contributed by atoms with Crippen LogP contribution >= 0.6 is 0 Å². The number of rotatable bonds is 3. The second-order valence-corrected chi connectivity index (χ2v) is 3.29. The molecule has 1 aliphatic heterocycles. The summed E-state index contributed by atoms with van der Waals surface area (Å²) in [5.41, 5.74) is 1.50. The Kier molecular flexibility index (Phi) is 4.09. The molecule has 1 nitrogen and oxygen atoms in total. The Hall–Kier alpha value is -0.560. The van der Waals surface area contributed by atoms with E-state index in [0.29, 0.717) is 0 Å². The average Bonchev–Trinajstić information content (AvgIpc) is 2.59. The fourth-order valence-corrected chi connectivity index (χ4v) is 1.66. The normalized spacial score (nSPS) is 25.5. The van der Waals surface area contributed by atoms with Gasteiger partial charge < -0.3 is 5.32 Å². The topological polar surface area (TPSA) is 12.0 Å². The molecular weight excluding hydrogens is 146 g/mol. The molecule has 0 aromatic carbocycles. The van der Waals surface area contributed by atoms with Crippen LogP contribution in [0.3, 0.4) is 0 Å². The van der Waals surface area contributed by atoms with Crippen LogP contribution in [-0.4, -0.2) is 13.1 Å². The molecule has 0 aromatic heterocycles. The van der Waals surface area contributed by atoms with Gasteiger partial charge in [-0.15, -0.1) is 0 Å². The zero-order valence-corrected chi connectivity index (χ0v) is 8.14. The Balaban J connectivity index is 2.50. The van der Waals surface area contributed by atoms with Crippen molar-refractivity contribution in [2.75, 3.05) is 13.1 Å². The van der Waals surface area contributed by atoms with Crippen LogP contribution in [0.25, 0.3) is 0 Å². The largest absolute Gasteiger partial charge is 0.316 e. The second-order valence-electron chi connectivity index (χ2n) is 3.29. The first kappa shape index (κ1) is 9.53. The Labute approximate surface area is 75.6 Å². The second kappa shape index (κ2) is 5.15. The molecule has 1 heteroatoms. The number of allylic oxidation sites excluding steroid dienone is 3. The smallest absolute Gasteiger partial charge is 0.00205 e. The first-order chi connectivity index (χ1) is 5.88. The van der Waals surface area contributed by atoms with Gasteiger partial charge in [0.15, 0.2) is 0 Å². The summed E-state index contributed by atoms with van der Waals surface area (Å²) in [6.07, 6.45) is 9.19. The van der Waals surface area contributed by atoms with Gasteiger partial charge in [0.25, 0.3) is 0 Å². The standard InChI is InChI=1S/C11H19N/c1-3-5-6-10(4-2)11-7-8-12-9-11/h4-6,11-12H,3,7-9H2,1-2H3/b6-5-,10-4+. The molecule has 0 spiro atoms. The molecule has 1 atom stereocenters. The Morgan fingerprint density at radius 2 is 2.42 bits per heavy atom. The van der Waals surface area contributed by atoms with Gasteiger partial charge in [-0.2, -0.15) is 0 Å². The minimum Gasteiger partial charge on any atom is -0.316 e. The minimum absolute atomic E-state index is 0.762. The maximum absolute atomic E-state index is 3.39. The summed E-state index contributed by atoms with van der Waals surface area (Å²) in [7, 11) is 0. The number of nitrogens with one attached hydrogen (secondary N) is 1. The molecule has 12 heavy (non-hydrogen) atoms. The van der Waals surface area contributed by atoms with Gasteiger partial charge in [0.1, 0.15) is 0 Å². The summed E-state index contributed by atoms with van der Waals surface area (Å²) >= 11 is 0. The lowest BCUT2D eigenvalue weighted by Gasteiger charge is -2.08. The Morgan fingerprint density at radius 3 is 2.92 bits per heavy atom. The first-order valence-electron chi connectivity index (χ1n) is 4.92. The van der Waals surface area contributed by atoms with Crippen molar-refractivity contribution in [1.82, 2.24) is 5.32 Å². The summed E-state index contributed by atoms with van der Waals surface area (Å²) < 4.78 is 0. The molecule has 1 saturated heterocycles. The molecule has 68 valence electrons. The van der Waals surface area contributed by atoms with E-state index in [9.17, 15) is 0 Å². The molecule has 1 aliphatic rings. The van der Waals surface area contributed by atoms with Gasteiger partial charge in [-0.25, -0.2) is 0 Å². The van der Waals surface area contributed by atoms with Gasteiger partial charge in [0.2, 0.25) is 0 Å². The highest BCUT2D eigenvalue weighted by molar-refractivity contribution is 5.22. The third-order valence-corrected chi connectivity index (χ3v) is 2.41. The predicted octanol–water partition coefficient (Wildman–Crippen LogP) is 2.51. The van der Waals surface area contributed by atoms with Crippen molar-refractivity contribution in [3.05, 3.63) is 23.8 Å². The van der Waals surface area contributed by atoms with E-state index in [0.717, 1.165) is 18.9 Å². The number of hydrogen-bond acceptors (Lipinski definition) is 1. The van der Waals surface area contributed by atoms with E-state index in [4.69, 9.17) is 0 Å². The van der Waals surface area contributed by atoms with Crippen LogP contribution in [0, 0.1) is 5.92 Å². The van der Waals surface area contributed by atoms with Gasteiger partial charge in [0.05, 0.1) is 0 Å². The third-order valence-electron chi connectivity index (χ3n) is 2.41. The SMILES string of the molecule is C/C=C(\C=C/CC)C1CCNC1. The molecule has 1 unspecified atom stereocenters. The molecular formula is C11H19N. The van der Waals surface area contributed by atoms with Crippen LogP contribution < -0.4 is 5.32 Å². The van der Waals surface area contributed by atoms with Crippen LogP contribution in [0.2, 0.25) is 0 Å². The van der Waals surface area contributed by atoms with Crippen LogP contribution in [0.5, 0.6) is 0 Å². The van der Waals surface area contributed by atoms with Crippen molar-refractivity contribution in [2.24, 2.45) is 5.92 Å². The van der Waals surface area contributed by atoms with Gasteiger partial charge in [0, 0.05) is 6.54 Å². The van der Waals surface area contributed by atoms with Crippen LogP contribution in [0.1, 0.15) is 26.7 Å². The van der Waals surface area contributed by atoms with Crippen LogP contribution in [-0.2, 0) is 0 Å². The van der Waals surface area contributed by atoms with Crippen LogP contribution in [0.4, 0.5) is 0 Å². The van der Waals surface area contributed by atoms with E-state index in [1.807, 2.05) is 0 Å². The van der Waals surface area contributed by atoms with Crippen molar-refractivity contribution in [3.63, 3.8) is 0 Å². The van der Waals surface area contributed by atoms with E-state index in [-0.39, 0.29) is 0 Å². The molecule has 1 rings (SSSR count). The molecule has 1 N–H and O–H groups in total. The minimum atomic E-state index is 0.762. The fraction of sp³-hybridized carbons (Fsp3) is 0.636. The van der Waals surface area contributed by atoms with Gasteiger partial charge in [-0.05, 0) is 37.8 Å². The molecule has 1 heterocycles. The van der Waals surface area contributed by atoms with Crippen molar-refractivity contribution < 1.29 is 0 Å². The molecule has 0 saturated carbocycles. The quantitative estimate of drug-likeness (QED) is 0.634. The average molecular weight is 165 g/mol. The summed E-state index contributed by atoms with van der Waals surface area (Å²) in [5.74, 6) is 0.762. The Morgan fingerprint density at radius 1 is 1.58 bits per heavy atom. The lowest BCUT2D eigenvalue weighted by Crippen LogP contribution is -2.09. The molecule has 1 fully saturated rings. The highest BCUT2D eigenvalue weighted by Gasteiger charge is 2.15. The molecule has 0 aliphatic carbocycles. The maximum atomic E-state index is 3.39. The van der Waals surface area contributed by atoms with E-state index in [1.165, 1.54) is 18.5 Å². The van der Waals surface area contributed by atoms with Crippen molar-refractivity contribution >= 4 is 0 Å². The maximum Gasteiger partial charge on any atom is 0.00205 e. The third kappa shape index (κ3) is 2.49. The first-order valence-corrected chi connectivity index (χ1v) is 4.92. The lowest BCUT2D eigenvalue weighted by molar-refractivity contribution is 0.696. The molecule has 0 radical (unpaired) electrons. The monoisotopic (exact) mass is 165 g/mol. The zero-order valence-electron chi connectivity index (χ0n) is 8.14. The van der Waals surface area contributed by atoms with Crippen molar-refractivity contribution in [1.29, 1.82) is 0 Å². The van der Waals surface area contributed by atoms with E-state index in [1.54, 1.807) is 0 Å². The van der Waals surface area contributed by atoms with Gasteiger partial charge in [-0.1, -0.05) is 25.2 Å². The molecule has 0 aromatic rings. The highest BCUT2D eigenvalue weighted by atomic mass is 14.9. The van der Waals surface area contributed by atoms with Gasteiger partial charge >= 0.3 is 0 Å². The summed E-state index contributed by atoms with van der Waals surface area (Å²) in [6, 6.07) is 0. The molecule has 0 bridgehead atoms. The van der Waals surface area contributed by atoms with Crippen molar-refractivity contribution in [3.8, 4) is 0 Å². The molecule has 0 amide bonds. The fourth-order valence-electron chi connectivity index (χ4n) is 1.66. The Bertz CT molecular complexity index is 173. The van der Waals surface area contributed by atoms with Crippen LogP contribution in [0.15, 0.2) is 23.8 Å². The summed E-state index contributed by atoms with van der Waals surface area (Å²) in [6.45, 7) is 6.65. The zero-order chi connectivity index (χ0) is 8.81. The summed E-state index contributed by atoms with van der Waals surface area (Å²) in [4.78, 5) is 0. The van der Waals surface area contributed by atoms with E-state index < -0.39 is 0 Å². The number of hydrogen-bond donors (Lipinski definition) is 1. The van der Waals surface area contributed by atoms with E-state index in [2.05, 4.69) is 37.4 Å². The van der Waals surface area contributed by atoms with Crippen molar-refractivity contribution in [2.45, 2.75) is 26.7 Å². The van der Waals surface area contributed by atoms with E-state index >= 15 is 0 Å².